The summed E-state index contributed by atoms with van der Waals surface area (Å²) in [5.74, 6) is -0.688. The number of nitrogens with zero attached hydrogens (tertiary/aromatic N) is 1. The molecule has 5 heteroatoms. The van der Waals surface area contributed by atoms with Gasteiger partial charge in [-0.3, -0.25) is 9.69 Å². The molecule has 132 valence electrons. The number of hydrogen-bond donors (Lipinski definition) is 1. The van der Waals surface area contributed by atoms with Crippen molar-refractivity contribution in [3.63, 3.8) is 0 Å². The summed E-state index contributed by atoms with van der Waals surface area (Å²) in [5, 5.41) is 9.39. The third-order valence-electron chi connectivity index (χ3n) is 4.76. The van der Waals surface area contributed by atoms with Gasteiger partial charge in [-0.2, -0.15) is 0 Å². The van der Waals surface area contributed by atoms with E-state index in [-0.39, 0.29) is 17.8 Å². The fourth-order valence-electron chi connectivity index (χ4n) is 3.52. The molecule has 3 rings (SSSR count). The van der Waals surface area contributed by atoms with E-state index in [2.05, 4.69) is 4.90 Å². The molecule has 1 fully saturated rings. The number of carboxylic acids is 1. The Morgan fingerprint density at radius 1 is 1.24 bits per heavy atom. The summed E-state index contributed by atoms with van der Waals surface area (Å²) in [7, 11) is 1.61. The number of halogens is 1. The van der Waals surface area contributed by atoms with Gasteiger partial charge in [-0.25, -0.2) is 4.39 Å². The van der Waals surface area contributed by atoms with Crippen LogP contribution in [-0.2, 0) is 4.79 Å². The van der Waals surface area contributed by atoms with Crippen LogP contribution in [0.1, 0.15) is 30.0 Å². The minimum Gasteiger partial charge on any atom is -0.497 e. The van der Waals surface area contributed by atoms with Crippen LogP contribution in [0.3, 0.4) is 0 Å². The average molecular weight is 343 g/mol. The van der Waals surface area contributed by atoms with Crippen molar-refractivity contribution in [1.29, 1.82) is 0 Å². The number of ether oxygens (including phenoxy) is 1. The number of piperidine rings is 1. The van der Waals surface area contributed by atoms with Crippen LogP contribution in [0.2, 0.25) is 0 Å². The highest BCUT2D eigenvalue weighted by Gasteiger charge is 2.31. The van der Waals surface area contributed by atoms with Crippen molar-refractivity contribution in [2.24, 2.45) is 5.92 Å². The van der Waals surface area contributed by atoms with E-state index in [1.54, 1.807) is 13.2 Å². The number of carbonyl (C=O) groups is 1. The van der Waals surface area contributed by atoms with Gasteiger partial charge in [0.05, 0.1) is 19.1 Å². The van der Waals surface area contributed by atoms with Gasteiger partial charge in [0.15, 0.2) is 0 Å². The lowest BCUT2D eigenvalue weighted by Crippen LogP contribution is -2.41. The highest BCUT2D eigenvalue weighted by molar-refractivity contribution is 5.70. The average Bonchev–Trinajstić information content (AvgIpc) is 2.63. The second kappa shape index (κ2) is 7.66. The Kier molecular flexibility index (Phi) is 5.34. The molecular weight excluding hydrogens is 321 g/mol. The number of hydrogen-bond acceptors (Lipinski definition) is 3. The van der Waals surface area contributed by atoms with E-state index in [0.717, 1.165) is 29.8 Å². The zero-order valence-corrected chi connectivity index (χ0v) is 14.2. The van der Waals surface area contributed by atoms with Crippen molar-refractivity contribution in [3.8, 4) is 5.75 Å². The Labute approximate surface area is 146 Å². The maximum absolute atomic E-state index is 13.8. The van der Waals surface area contributed by atoms with Crippen molar-refractivity contribution in [2.45, 2.75) is 18.9 Å². The van der Waals surface area contributed by atoms with Crippen molar-refractivity contribution in [3.05, 3.63) is 65.5 Å². The van der Waals surface area contributed by atoms with Crippen molar-refractivity contribution >= 4 is 5.97 Å². The molecule has 0 aromatic heterocycles. The van der Waals surface area contributed by atoms with Crippen LogP contribution in [0.25, 0.3) is 0 Å². The third-order valence-corrected chi connectivity index (χ3v) is 4.76. The van der Waals surface area contributed by atoms with Crippen molar-refractivity contribution < 1.29 is 19.0 Å². The highest BCUT2D eigenvalue weighted by Crippen LogP contribution is 2.33. The van der Waals surface area contributed by atoms with Gasteiger partial charge in [0.25, 0.3) is 0 Å². The topological polar surface area (TPSA) is 49.8 Å². The Bertz CT molecular complexity index is 732. The standard InChI is InChI=1S/C20H22FNO3/c1-25-18-9-7-14(8-10-18)19(15-4-2-6-17(21)12-15)22-11-3-5-16(13-22)20(23)24/h2,4,6-10,12,16,19H,3,5,11,13H2,1H3,(H,23,24). The molecule has 25 heavy (non-hydrogen) atoms. The van der Waals surface area contributed by atoms with Gasteiger partial charge < -0.3 is 9.84 Å². The zero-order valence-electron chi connectivity index (χ0n) is 14.2. The monoisotopic (exact) mass is 343 g/mol. The van der Waals surface area contributed by atoms with Crippen LogP contribution in [0.15, 0.2) is 48.5 Å². The highest BCUT2D eigenvalue weighted by atomic mass is 19.1. The van der Waals surface area contributed by atoms with Crippen molar-refractivity contribution in [2.75, 3.05) is 20.2 Å². The van der Waals surface area contributed by atoms with E-state index in [0.29, 0.717) is 13.0 Å². The molecule has 1 N–H and O–H groups in total. The lowest BCUT2D eigenvalue weighted by Gasteiger charge is -2.37. The van der Waals surface area contributed by atoms with Crippen LogP contribution >= 0.6 is 0 Å². The van der Waals surface area contributed by atoms with Crippen LogP contribution in [0, 0.1) is 11.7 Å². The minimum absolute atomic E-state index is 0.177. The predicted molar refractivity (Wildman–Crippen MR) is 93.2 cm³/mol. The molecule has 1 saturated heterocycles. The van der Waals surface area contributed by atoms with Gasteiger partial charge in [-0.05, 0) is 54.8 Å². The summed E-state index contributed by atoms with van der Waals surface area (Å²) in [6.07, 6.45) is 1.50. The molecule has 2 aromatic carbocycles. The lowest BCUT2D eigenvalue weighted by atomic mass is 9.91. The fourth-order valence-corrected chi connectivity index (χ4v) is 3.52. The number of likely N-dealkylation sites (tertiary alicyclic amines) is 1. The molecule has 0 radical (unpaired) electrons. The Morgan fingerprint density at radius 3 is 2.64 bits per heavy atom. The molecule has 0 aliphatic carbocycles. The molecule has 1 heterocycles. The Hall–Kier alpha value is -2.40. The van der Waals surface area contributed by atoms with Gasteiger partial charge in [-0.1, -0.05) is 24.3 Å². The first kappa shape index (κ1) is 17.4. The summed E-state index contributed by atoms with van der Waals surface area (Å²) in [5.41, 5.74) is 1.83. The Balaban J connectivity index is 1.97. The summed E-state index contributed by atoms with van der Waals surface area (Å²) < 4.78 is 19.0. The van der Waals surface area contributed by atoms with Gasteiger partial charge >= 0.3 is 5.97 Å². The smallest absolute Gasteiger partial charge is 0.307 e. The van der Waals surface area contributed by atoms with Crippen LogP contribution in [-0.4, -0.2) is 36.2 Å². The fraction of sp³-hybridized carbons (Fsp3) is 0.350. The summed E-state index contributed by atoms with van der Waals surface area (Å²) in [6.45, 7) is 1.25. The number of rotatable bonds is 5. The first-order valence-electron chi connectivity index (χ1n) is 8.44. The molecule has 0 amide bonds. The number of carboxylic acid groups (broad SMARTS) is 1. The molecule has 2 atom stereocenters. The van der Waals surface area contributed by atoms with Gasteiger partial charge in [0.2, 0.25) is 0 Å². The number of methoxy groups -OCH3 is 1. The molecular formula is C20H22FNO3. The second-order valence-corrected chi connectivity index (χ2v) is 6.40. The van der Waals surface area contributed by atoms with E-state index in [9.17, 15) is 14.3 Å². The zero-order chi connectivity index (χ0) is 17.8. The summed E-state index contributed by atoms with van der Waals surface area (Å²) in [4.78, 5) is 13.6. The molecule has 0 saturated carbocycles. The predicted octanol–water partition coefficient (Wildman–Crippen LogP) is 3.72. The number of benzene rings is 2. The van der Waals surface area contributed by atoms with Crippen LogP contribution < -0.4 is 4.74 Å². The van der Waals surface area contributed by atoms with Crippen LogP contribution in [0.4, 0.5) is 4.39 Å². The second-order valence-electron chi connectivity index (χ2n) is 6.40. The van der Waals surface area contributed by atoms with Crippen molar-refractivity contribution in [1.82, 2.24) is 4.90 Å². The maximum atomic E-state index is 13.8. The molecule has 4 nitrogen and oxygen atoms in total. The quantitative estimate of drug-likeness (QED) is 0.899. The van der Waals surface area contributed by atoms with E-state index >= 15 is 0 Å². The molecule has 1 aliphatic heterocycles. The minimum atomic E-state index is -0.766. The summed E-state index contributed by atoms with van der Waals surface area (Å²) >= 11 is 0. The van der Waals surface area contributed by atoms with E-state index < -0.39 is 5.97 Å². The van der Waals surface area contributed by atoms with E-state index in [1.165, 1.54) is 12.1 Å². The molecule has 0 spiro atoms. The summed E-state index contributed by atoms with van der Waals surface area (Å²) in [6, 6.07) is 14.0. The van der Waals surface area contributed by atoms with E-state index in [1.807, 2.05) is 30.3 Å². The van der Waals surface area contributed by atoms with E-state index in [4.69, 9.17) is 4.74 Å². The SMILES string of the molecule is COc1ccc(C(c2cccc(F)c2)N2CCCC(C(=O)O)C2)cc1. The molecule has 0 bridgehead atoms. The largest absolute Gasteiger partial charge is 0.497 e. The molecule has 2 aromatic rings. The first-order chi connectivity index (χ1) is 12.1. The number of aliphatic carboxylic acids is 1. The third kappa shape index (κ3) is 3.99. The normalized spacial score (nSPS) is 19.4. The molecule has 2 unspecified atom stereocenters. The molecule has 1 aliphatic rings. The lowest BCUT2D eigenvalue weighted by molar-refractivity contribution is -0.143. The van der Waals surface area contributed by atoms with Gasteiger partial charge in [0.1, 0.15) is 11.6 Å². The van der Waals surface area contributed by atoms with Crippen LogP contribution in [0.5, 0.6) is 5.75 Å². The van der Waals surface area contributed by atoms with Gasteiger partial charge in [-0.15, -0.1) is 0 Å². The first-order valence-corrected chi connectivity index (χ1v) is 8.44. The van der Waals surface area contributed by atoms with Gasteiger partial charge in [0, 0.05) is 6.54 Å². The Morgan fingerprint density at radius 2 is 2.00 bits per heavy atom. The maximum Gasteiger partial charge on any atom is 0.307 e.